The van der Waals surface area contributed by atoms with E-state index < -0.39 is 23.4 Å². The fraction of sp³-hybridized carbons (Fsp3) is 0.118. The highest BCUT2D eigenvalue weighted by molar-refractivity contribution is 6.33. The van der Waals surface area contributed by atoms with Crippen molar-refractivity contribution in [2.45, 2.75) is 6.92 Å². The van der Waals surface area contributed by atoms with E-state index in [9.17, 15) is 24.5 Å². The van der Waals surface area contributed by atoms with Crippen LogP contribution in [0.3, 0.4) is 0 Å². The van der Waals surface area contributed by atoms with Gasteiger partial charge in [0, 0.05) is 17.7 Å². The molecule has 0 saturated heterocycles. The smallest absolute Gasteiger partial charge is 0.340 e. The molecular weight excluding hydrogens is 364 g/mol. The predicted octanol–water partition coefficient (Wildman–Crippen LogP) is 3.25. The van der Waals surface area contributed by atoms with Gasteiger partial charge in [0.2, 0.25) is 0 Å². The quantitative estimate of drug-likeness (QED) is 0.358. The van der Waals surface area contributed by atoms with Crippen molar-refractivity contribution in [2.24, 2.45) is 0 Å². The largest absolute Gasteiger partial charge is 0.452 e. The lowest BCUT2D eigenvalue weighted by atomic mass is 10.1. The minimum atomic E-state index is -0.978. The van der Waals surface area contributed by atoms with Crippen LogP contribution in [0.2, 0.25) is 5.02 Å². The number of ether oxygens (including phenoxy) is 1. The Morgan fingerprint density at radius 1 is 1.15 bits per heavy atom. The molecule has 9 heteroatoms. The zero-order chi connectivity index (χ0) is 19.3. The third-order valence-electron chi connectivity index (χ3n) is 3.30. The van der Waals surface area contributed by atoms with Crippen LogP contribution in [0.1, 0.15) is 27.6 Å². The summed E-state index contributed by atoms with van der Waals surface area (Å²) in [4.78, 5) is 45.5. The van der Waals surface area contributed by atoms with Crippen molar-refractivity contribution in [1.29, 1.82) is 0 Å². The molecule has 0 saturated carbocycles. The standard InChI is InChI=1S/C17H13ClN2O6/c1-10(21)12-4-2-3-5-15(12)19-16(22)9-26-17(23)13-8-11(20(24)25)6-7-14(13)18/h2-8H,9H2,1H3,(H,19,22). The number of esters is 1. The predicted molar refractivity (Wildman–Crippen MR) is 93.5 cm³/mol. The average molecular weight is 377 g/mol. The first-order chi connectivity index (χ1) is 12.3. The first-order valence-electron chi connectivity index (χ1n) is 7.30. The van der Waals surface area contributed by atoms with E-state index in [1.165, 1.54) is 19.1 Å². The number of benzene rings is 2. The Bertz CT molecular complexity index is 897. The molecule has 134 valence electrons. The number of non-ortho nitro benzene ring substituents is 1. The molecule has 0 aliphatic rings. The maximum absolute atomic E-state index is 12.0. The molecule has 2 rings (SSSR count). The maximum Gasteiger partial charge on any atom is 0.340 e. The Balaban J connectivity index is 2.04. The van der Waals surface area contributed by atoms with E-state index in [1.807, 2.05) is 0 Å². The van der Waals surface area contributed by atoms with Crippen LogP contribution in [-0.4, -0.2) is 29.2 Å². The van der Waals surface area contributed by atoms with Gasteiger partial charge in [-0.05, 0) is 25.1 Å². The van der Waals surface area contributed by atoms with Crippen molar-refractivity contribution in [3.05, 3.63) is 68.7 Å². The normalized spacial score (nSPS) is 10.1. The number of carbonyl (C=O) groups is 3. The van der Waals surface area contributed by atoms with Crippen LogP contribution in [0.25, 0.3) is 0 Å². The van der Waals surface area contributed by atoms with Crippen molar-refractivity contribution in [3.63, 3.8) is 0 Å². The summed E-state index contributed by atoms with van der Waals surface area (Å²) in [5.74, 6) is -1.89. The zero-order valence-corrected chi connectivity index (χ0v) is 14.3. The molecule has 0 aromatic heterocycles. The van der Waals surface area contributed by atoms with Gasteiger partial charge in [-0.2, -0.15) is 0 Å². The number of nitro groups is 1. The van der Waals surface area contributed by atoms with Gasteiger partial charge in [0.15, 0.2) is 12.4 Å². The molecular formula is C17H13ClN2O6. The van der Waals surface area contributed by atoms with E-state index in [1.54, 1.807) is 18.2 Å². The second-order valence-corrected chi connectivity index (χ2v) is 5.55. The van der Waals surface area contributed by atoms with Gasteiger partial charge in [-0.15, -0.1) is 0 Å². The fourth-order valence-corrected chi connectivity index (χ4v) is 2.27. The summed E-state index contributed by atoms with van der Waals surface area (Å²) < 4.78 is 4.84. The number of halogens is 1. The topological polar surface area (TPSA) is 116 Å². The van der Waals surface area contributed by atoms with Crippen molar-refractivity contribution in [1.82, 2.24) is 0 Å². The Kier molecular flexibility index (Phi) is 6.03. The van der Waals surface area contributed by atoms with Gasteiger partial charge < -0.3 is 10.1 Å². The summed E-state index contributed by atoms with van der Waals surface area (Å²) in [6.45, 7) is 0.708. The number of amides is 1. The van der Waals surface area contributed by atoms with Crippen LogP contribution in [0.15, 0.2) is 42.5 Å². The van der Waals surface area contributed by atoms with Crippen LogP contribution in [0.4, 0.5) is 11.4 Å². The van der Waals surface area contributed by atoms with Gasteiger partial charge in [0.1, 0.15) is 0 Å². The number of anilines is 1. The van der Waals surface area contributed by atoms with E-state index >= 15 is 0 Å². The summed E-state index contributed by atoms with van der Waals surface area (Å²) in [6, 6.07) is 9.67. The molecule has 26 heavy (non-hydrogen) atoms. The number of hydrogen-bond acceptors (Lipinski definition) is 6. The zero-order valence-electron chi connectivity index (χ0n) is 13.5. The third kappa shape index (κ3) is 4.64. The fourth-order valence-electron chi connectivity index (χ4n) is 2.08. The van der Waals surface area contributed by atoms with E-state index in [0.29, 0.717) is 5.56 Å². The lowest BCUT2D eigenvalue weighted by Crippen LogP contribution is -2.22. The molecule has 2 aromatic rings. The molecule has 0 aliphatic heterocycles. The molecule has 0 aliphatic carbocycles. The molecule has 0 bridgehead atoms. The van der Waals surface area contributed by atoms with Gasteiger partial charge in [0.25, 0.3) is 11.6 Å². The SMILES string of the molecule is CC(=O)c1ccccc1NC(=O)COC(=O)c1cc([N+](=O)[O-])ccc1Cl. The molecule has 1 N–H and O–H groups in total. The van der Waals surface area contributed by atoms with Crippen molar-refractivity contribution in [2.75, 3.05) is 11.9 Å². The number of nitro benzene ring substituents is 1. The number of nitrogens with zero attached hydrogens (tertiary/aromatic N) is 1. The van der Waals surface area contributed by atoms with Gasteiger partial charge >= 0.3 is 5.97 Å². The minimum absolute atomic E-state index is 0.0390. The monoisotopic (exact) mass is 376 g/mol. The molecule has 0 unspecified atom stereocenters. The Morgan fingerprint density at radius 2 is 1.85 bits per heavy atom. The summed E-state index contributed by atoms with van der Waals surface area (Å²) >= 11 is 5.83. The highest BCUT2D eigenvalue weighted by atomic mass is 35.5. The molecule has 2 aromatic carbocycles. The number of nitrogens with one attached hydrogen (secondary N) is 1. The Morgan fingerprint density at radius 3 is 2.50 bits per heavy atom. The molecule has 0 fully saturated rings. The summed E-state index contributed by atoms with van der Waals surface area (Å²) in [7, 11) is 0. The van der Waals surface area contributed by atoms with Gasteiger partial charge in [0.05, 0.1) is 21.2 Å². The number of rotatable bonds is 6. The number of carbonyl (C=O) groups excluding carboxylic acids is 3. The highest BCUT2D eigenvalue weighted by Gasteiger charge is 2.18. The Hall–Kier alpha value is -3.26. The van der Waals surface area contributed by atoms with Crippen molar-refractivity contribution < 1.29 is 24.0 Å². The second-order valence-electron chi connectivity index (χ2n) is 5.15. The number of hydrogen-bond donors (Lipinski definition) is 1. The average Bonchev–Trinajstić information content (AvgIpc) is 2.60. The number of para-hydroxylation sites is 1. The second kappa shape index (κ2) is 8.21. The van der Waals surface area contributed by atoms with E-state index in [2.05, 4.69) is 5.32 Å². The van der Waals surface area contributed by atoms with Crippen LogP contribution in [0, 0.1) is 10.1 Å². The first kappa shape index (κ1) is 19.1. The summed E-state index contributed by atoms with van der Waals surface area (Å²) in [6.07, 6.45) is 0. The van der Waals surface area contributed by atoms with Crippen molar-refractivity contribution in [3.8, 4) is 0 Å². The first-order valence-corrected chi connectivity index (χ1v) is 7.68. The highest BCUT2D eigenvalue weighted by Crippen LogP contribution is 2.23. The lowest BCUT2D eigenvalue weighted by Gasteiger charge is -2.10. The molecule has 1 amide bonds. The molecule has 0 atom stereocenters. The molecule has 8 nitrogen and oxygen atoms in total. The van der Waals surface area contributed by atoms with Gasteiger partial charge in [-0.1, -0.05) is 23.7 Å². The van der Waals surface area contributed by atoms with Crippen LogP contribution in [-0.2, 0) is 9.53 Å². The van der Waals surface area contributed by atoms with E-state index in [0.717, 1.165) is 12.1 Å². The lowest BCUT2D eigenvalue weighted by molar-refractivity contribution is -0.384. The maximum atomic E-state index is 12.0. The molecule has 0 heterocycles. The summed E-state index contributed by atoms with van der Waals surface area (Å²) in [5.41, 5.74) is 0.0438. The van der Waals surface area contributed by atoms with E-state index in [4.69, 9.17) is 16.3 Å². The van der Waals surface area contributed by atoms with Crippen LogP contribution in [0.5, 0.6) is 0 Å². The molecule has 0 spiro atoms. The van der Waals surface area contributed by atoms with E-state index in [-0.39, 0.29) is 27.7 Å². The molecule has 0 radical (unpaired) electrons. The van der Waals surface area contributed by atoms with Crippen LogP contribution >= 0.6 is 11.6 Å². The number of Topliss-reactive ketones (excluding diaryl/α,β-unsaturated/α-hetero) is 1. The number of ketones is 1. The Labute approximate surface area is 152 Å². The third-order valence-corrected chi connectivity index (χ3v) is 3.63. The van der Waals surface area contributed by atoms with Gasteiger partial charge in [-0.3, -0.25) is 19.7 Å². The van der Waals surface area contributed by atoms with Crippen molar-refractivity contribution >= 4 is 40.6 Å². The van der Waals surface area contributed by atoms with Crippen LogP contribution < -0.4 is 5.32 Å². The van der Waals surface area contributed by atoms with Gasteiger partial charge in [-0.25, -0.2) is 4.79 Å². The minimum Gasteiger partial charge on any atom is -0.452 e. The summed E-state index contributed by atoms with van der Waals surface area (Å²) in [5, 5.41) is 13.2.